The molecule has 0 spiro atoms. The molecule has 0 N–H and O–H groups in total. The van der Waals surface area contributed by atoms with Gasteiger partial charge in [0.05, 0.1) is 32.5 Å². The number of alkyl halides is 3. The van der Waals surface area contributed by atoms with Gasteiger partial charge in [0.15, 0.2) is 5.78 Å². The first-order chi connectivity index (χ1) is 15.0. The van der Waals surface area contributed by atoms with Gasteiger partial charge in [-0.15, -0.1) is 0 Å². The number of ketones is 1. The number of carbonyl (C=O) groups excluding carboxylic acids is 1. The van der Waals surface area contributed by atoms with Crippen LogP contribution in [0.3, 0.4) is 0 Å². The van der Waals surface area contributed by atoms with E-state index in [0.29, 0.717) is 17.0 Å². The van der Waals surface area contributed by atoms with Gasteiger partial charge in [-0.25, -0.2) is 0 Å². The van der Waals surface area contributed by atoms with E-state index >= 15 is 0 Å². The zero-order valence-electron chi connectivity index (χ0n) is 16.9. The minimum Gasteiger partial charge on any atom is -0.361 e. The van der Waals surface area contributed by atoms with Crippen LogP contribution in [0.2, 0.25) is 15.1 Å². The number of halogens is 6. The summed E-state index contributed by atoms with van der Waals surface area (Å²) < 4.78 is 41.0. The standard InChI is InChI=1S/C23H19Cl3F3NOS/c1-30(22(32)15-7-8-15)12-20(31)14-5-2-13(3-6-14)4-9-17(23(27,28)29)16-10-18(24)21(26)19(25)11-16/h2-6,9-11,15,17H,7-8,12H2,1H3/b9-4+. The fourth-order valence-electron chi connectivity index (χ4n) is 3.18. The van der Waals surface area contributed by atoms with Gasteiger partial charge in [-0.2, -0.15) is 13.2 Å². The van der Waals surface area contributed by atoms with Crippen LogP contribution in [0.4, 0.5) is 13.2 Å². The summed E-state index contributed by atoms with van der Waals surface area (Å²) in [7, 11) is 1.79. The molecule has 1 fully saturated rings. The molecule has 0 amide bonds. The Kier molecular flexibility index (Phi) is 7.92. The molecule has 1 atom stereocenters. The van der Waals surface area contributed by atoms with Crippen molar-refractivity contribution in [3.05, 3.63) is 74.2 Å². The number of hydrogen-bond donors (Lipinski definition) is 0. The molecule has 32 heavy (non-hydrogen) atoms. The summed E-state index contributed by atoms with van der Waals surface area (Å²) >= 11 is 23.0. The highest BCUT2D eigenvalue weighted by Crippen LogP contribution is 2.41. The van der Waals surface area contributed by atoms with Crippen LogP contribution in [0.25, 0.3) is 6.08 Å². The summed E-state index contributed by atoms with van der Waals surface area (Å²) in [6.45, 7) is 0.165. The molecule has 1 saturated carbocycles. The largest absolute Gasteiger partial charge is 0.399 e. The van der Waals surface area contributed by atoms with Gasteiger partial charge in [0, 0.05) is 18.5 Å². The first-order valence-electron chi connectivity index (χ1n) is 9.75. The van der Waals surface area contributed by atoms with Crippen molar-refractivity contribution in [3.63, 3.8) is 0 Å². The molecular weight excluding hydrogens is 502 g/mol. The minimum absolute atomic E-state index is 0.00535. The van der Waals surface area contributed by atoms with E-state index in [9.17, 15) is 18.0 Å². The fraction of sp³-hybridized carbons (Fsp3) is 0.304. The second kappa shape index (κ2) is 10.1. The maximum atomic E-state index is 13.7. The maximum absolute atomic E-state index is 13.7. The number of allylic oxidation sites excluding steroid dienone is 1. The Morgan fingerprint density at radius 1 is 1.16 bits per heavy atom. The number of thiocarbonyl (C=S) groups is 1. The Labute approximate surface area is 204 Å². The van der Waals surface area contributed by atoms with E-state index in [0.717, 1.165) is 36.0 Å². The zero-order valence-corrected chi connectivity index (χ0v) is 20.0. The quantitative estimate of drug-likeness (QED) is 0.211. The number of likely N-dealkylation sites (N-methyl/N-ethyl adjacent to an activating group) is 1. The highest BCUT2D eigenvalue weighted by Gasteiger charge is 2.39. The SMILES string of the molecule is CN(CC(=O)c1ccc(/C=C/C(c2cc(Cl)c(Cl)c(Cl)c2)C(F)(F)F)cc1)C(=S)C1CC1. The highest BCUT2D eigenvalue weighted by atomic mass is 35.5. The molecular formula is C23H19Cl3F3NOS. The van der Waals surface area contributed by atoms with E-state index < -0.39 is 12.1 Å². The van der Waals surface area contributed by atoms with E-state index in [-0.39, 0.29) is 33.0 Å². The van der Waals surface area contributed by atoms with Crippen LogP contribution in [-0.4, -0.2) is 35.4 Å². The molecule has 0 saturated heterocycles. The Morgan fingerprint density at radius 2 is 1.72 bits per heavy atom. The van der Waals surface area contributed by atoms with Crippen molar-refractivity contribution >= 4 is 63.9 Å². The van der Waals surface area contributed by atoms with Gasteiger partial charge in [0.2, 0.25) is 0 Å². The molecule has 0 radical (unpaired) electrons. The maximum Gasteiger partial charge on any atom is 0.399 e. The van der Waals surface area contributed by atoms with Crippen molar-refractivity contribution in [1.82, 2.24) is 4.90 Å². The van der Waals surface area contributed by atoms with Crippen molar-refractivity contribution in [2.75, 3.05) is 13.6 Å². The van der Waals surface area contributed by atoms with Crippen molar-refractivity contribution in [3.8, 4) is 0 Å². The summed E-state index contributed by atoms with van der Waals surface area (Å²) in [4.78, 5) is 15.1. The van der Waals surface area contributed by atoms with Gasteiger partial charge < -0.3 is 4.90 Å². The van der Waals surface area contributed by atoms with E-state index in [4.69, 9.17) is 47.0 Å². The third-order valence-electron chi connectivity index (χ3n) is 5.12. The summed E-state index contributed by atoms with van der Waals surface area (Å²) in [6, 6.07) is 8.69. The minimum atomic E-state index is -4.56. The second-order valence-corrected chi connectivity index (χ2v) is 9.30. The van der Waals surface area contributed by atoms with Crippen LogP contribution in [0.1, 0.15) is 40.2 Å². The summed E-state index contributed by atoms with van der Waals surface area (Å²) in [6.07, 6.45) is -0.0688. The predicted molar refractivity (Wildman–Crippen MR) is 128 cm³/mol. The number of nitrogens with zero attached hydrogens (tertiary/aromatic N) is 1. The van der Waals surface area contributed by atoms with E-state index in [2.05, 4.69) is 0 Å². The van der Waals surface area contributed by atoms with Crippen LogP contribution in [0, 0.1) is 5.92 Å². The lowest BCUT2D eigenvalue weighted by Crippen LogP contribution is -2.31. The molecule has 2 nitrogen and oxygen atoms in total. The Balaban J connectivity index is 1.74. The van der Waals surface area contributed by atoms with E-state index in [1.165, 1.54) is 6.08 Å². The number of benzene rings is 2. The lowest BCUT2D eigenvalue weighted by atomic mass is 9.97. The predicted octanol–water partition coefficient (Wildman–Crippen LogP) is 7.86. The van der Waals surface area contributed by atoms with Gasteiger partial charge in [0.1, 0.15) is 0 Å². The summed E-state index contributed by atoms with van der Waals surface area (Å²) in [5.41, 5.74) is 0.870. The lowest BCUT2D eigenvalue weighted by molar-refractivity contribution is -0.139. The van der Waals surface area contributed by atoms with Gasteiger partial charge in [-0.3, -0.25) is 4.79 Å². The molecule has 0 heterocycles. The van der Waals surface area contributed by atoms with Gasteiger partial charge in [-0.05, 0) is 36.1 Å². The Bertz CT molecular complexity index is 1030. The molecule has 9 heteroatoms. The average molecular weight is 521 g/mol. The zero-order chi connectivity index (χ0) is 23.6. The number of rotatable bonds is 7. The summed E-state index contributed by atoms with van der Waals surface area (Å²) in [5.74, 6) is -1.64. The molecule has 1 aliphatic rings. The third kappa shape index (κ3) is 6.25. The van der Waals surface area contributed by atoms with Gasteiger partial charge >= 0.3 is 6.18 Å². The first kappa shape index (κ1) is 25.0. The Morgan fingerprint density at radius 3 is 2.22 bits per heavy atom. The molecule has 170 valence electrons. The van der Waals surface area contributed by atoms with Crippen molar-refractivity contribution in [1.29, 1.82) is 0 Å². The smallest absolute Gasteiger partial charge is 0.361 e. The van der Waals surface area contributed by atoms with E-state index in [1.807, 2.05) is 0 Å². The molecule has 0 aromatic heterocycles. The molecule has 2 aromatic rings. The topological polar surface area (TPSA) is 20.3 Å². The monoisotopic (exact) mass is 519 g/mol. The molecule has 1 unspecified atom stereocenters. The highest BCUT2D eigenvalue weighted by molar-refractivity contribution is 7.80. The van der Waals surface area contributed by atoms with Crippen LogP contribution in [0.15, 0.2) is 42.5 Å². The van der Waals surface area contributed by atoms with Crippen molar-refractivity contribution < 1.29 is 18.0 Å². The molecule has 0 aliphatic heterocycles. The van der Waals surface area contributed by atoms with Crippen molar-refractivity contribution in [2.45, 2.75) is 24.9 Å². The first-order valence-corrected chi connectivity index (χ1v) is 11.3. The molecule has 3 rings (SSSR count). The van der Waals surface area contributed by atoms with Crippen LogP contribution in [0.5, 0.6) is 0 Å². The van der Waals surface area contributed by atoms with Crippen LogP contribution in [-0.2, 0) is 0 Å². The summed E-state index contributed by atoms with van der Waals surface area (Å²) in [5, 5.41) is -0.0950. The second-order valence-electron chi connectivity index (χ2n) is 7.69. The van der Waals surface area contributed by atoms with Gasteiger partial charge in [0.25, 0.3) is 0 Å². The molecule has 1 aliphatic carbocycles. The Hall–Kier alpha value is -1.60. The van der Waals surface area contributed by atoms with Crippen LogP contribution < -0.4 is 0 Å². The van der Waals surface area contributed by atoms with E-state index in [1.54, 1.807) is 36.2 Å². The van der Waals surface area contributed by atoms with Gasteiger partial charge in [-0.1, -0.05) is 83.4 Å². The number of hydrogen-bond acceptors (Lipinski definition) is 2. The van der Waals surface area contributed by atoms with Crippen LogP contribution >= 0.6 is 47.0 Å². The average Bonchev–Trinajstić information content (AvgIpc) is 3.56. The number of carbonyl (C=O) groups is 1. The molecule has 2 aromatic carbocycles. The third-order valence-corrected chi connectivity index (χ3v) is 6.96. The molecule has 0 bridgehead atoms. The van der Waals surface area contributed by atoms with Crippen molar-refractivity contribution in [2.24, 2.45) is 5.92 Å². The normalized spacial score (nSPS) is 15.1. The fourth-order valence-corrected chi connectivity index (χ4v) is 4.09. The lowest BCUT2D eigenvalue weighted by Gasteiger charge is -2.19. The number of Topliss-reactive ketones (excluding diaryl/α,β-unsaturated/α-hetero) is 1.